The Morgan fingerprint density at radius 2 is 1.91 bits per heavy atom. The van der Waals surface area contributed by atoms with Crippen molar-refractivity contribution in [3.63, 3.8) is 0 Å². The molecule has 0 aromatic carbocycles. The van der Waals surface area contributed by atoms with Crippen molar-refractivity contribution in [2.24, 2.45) is 10.9 Å². The summed E-state index contributed by atoms with van der Waals surface area (Å²) >= 11 is 0. The quantitative estimate of drug-likeness (QED) is 0.694. The van der Waals surface area contributed by atoms with Crippen molar-refractivity contribution in [1.82, 2.24) is 5.06 Å². The Labute approximate surface area is 130 Å². The summed E-state index contributed by atoms with van der Waals surface area (Å²) in [7, 11) is 1.71. The number of amidine groups is 1. The zero-order valence-corrected chi connectivity index (χ0v) is 13.5. The highest BCUT2D eigenvalue weighted by atomic mass is 16.7. The lowest BCUT2D eigenvalue weighted by molar-refractivity contribution is -0.208. The lowest BCUT2D eigenvalue weighted by Crippen LogP contribution is -2.43. The van der Waals surface area contributed by atoms with Crippen LogP contribution in [0.1, 0.15) is 46.0 Å². The van der Waals surface area contributed by atoms with E-state index in [1.807, 2.05) is 0 Å². The fourth-order valence-electron chi connectivity index (χ4n) is 2.96. The van der Waals surface area contributed by atoms with E-state index in [4.69, 9.17) is 14.3 Å². The summed E-state index contributed by atoms with van der Waals surface area (Å²) in [5.41, 5.74) is -1.64. The zero-order valence-electron chi connectivity index (χ0n) is 13.5. The first-order valence-corrected chi connectivity index (χ1v) is 7.88. The maximum absolute atomic E-state index is 12.3. The number of rotatable bonds is 6. The van der Waals surface area contributed by atoms with Crippen LogP contribution in [-0.2, 0) is 23.9 Å². The summed E-state index contributed by atoms with van der Waals surface area (Å²) in [6.45, 7) is 3.86. The molecule has 0 aromatic rings. The van der Waals surface area contributed by atoms with Crippen LogP contribution >= 0.6 is 0 Å². The lowest BCUT2D eigenvalue weighted by Gasteiger charge is -2.23. The molecule has 1 atom stereocenters. The summed E-state index contributed by atoms with van der Waals surface area (Å²) in [5, 5.41) is 1.51. The molecule has 1 heterocycles. The van der Waals surface area contributed by atoms with E-state index in [2.05, 4.69) is 4.99 Å². The van der Waals surface area contributed by atoms with Gasteiger partial charge in [0.1, 0.15) is 12.3 Å². The minimum Gasteiger partial charge on any atom is -0.466 e. The van der Waals surface area contributed by atoms with Crippen molar-refractivity contribution >= 4 is 17.8 Å². The van der Waals surface area contributed by atoms with Crippen molar-refractivity contribution in [1.29, 1.82) is 0 Å². The number of hydrogen-bond acceptors (Lipinski definition) is 7. The van der Waals surface area contributed by atoms with Crippen LogP contribution < -0.4 is 0 Å². The number of hydrogen-bond donors (Lipinski definition) is 0. The van der Waals surface area contributed by atoms with E-state index in [0.29, 0.717) is 0 Å². The van der Waals surface area contributed by atoms with E-state index in [-0.39, 0.29) is 25.6 Å². The number of nitrogens with zero attached hydrogens (tertiary/aromatic N) is 2. The summed E-state index contributed by atoms with van der Waals surface area (Å²) in [5.74, 6) is -0.193. The normalized spacial score (nSPS) is 25.2. The highest BCUT2D eigenvalue weighted by Crippen LogP contribution is 2.35. The number of carbonyl (C=O) groups excluding carboxylic acids is 2. The van der Waals surface area contributed by atoms with Crippen LogP contribution in [0.15, 0.2) is 4.99 Å². The van der Waals surface area contributed by atoms with Gasteiger partial charge in [-0.3, -0.25) is 4.79 Å². The molecule has 1 saturated carbocycles. The van der Waals surface area contributed by atoms with Crippen molar-refractivity contribution in [2.45, 2.75) is 51.7 Å². The molecule has 2 aliphatic rings. The van der Waals surface area contributed by atoms with Gasteiger partial charge in [-0.2, -0.15) is 0 Å². The first-order valence-electron chi connectivity index (χ1n) is 7.88. The molecule has 0 saturated heterocycles. The van der Waals surface area contributed by atoms with Gasteiger partial charge in [0.25, 0.3) is 5.72 Å². The second kappa shape index (κ2) is 7.09. The average molecular weight is 312 g/mol. The molecule has 1 aliphatic carbocycles. The number of ether oxygens (including phenoxy) is 2. The summed E-state index contributed by atoms with van der Waals surface area (Å²) in [4.78, 5) is 34.3. The Hall–Kier alpha value is -1.63. The smallest absolute Gasteiger partial charge is 0.364 e. The number of hydroxylamine groups is 2. The van der Waals surface area contributed by atoms with E-state index < -0.39 is 17.7 Å². The third-order valence-corrected chi connectivity index (χ3v) is 3.91. The fraction of sp³-hybridized carbons (Fsp3) is 0.800. The van der Waals surface area contributed by atoms with E-state index in [0.717, 1.165) is 31.5 Å². The number of esters is 2. The summed E-state index contributed by atoms with van der Waals surface area (Å²) in [6, 6.07) is 0. The van der Waals surface area contributed by atoms with Crippen molar-refractivity contribution in [3.05, 3.63) is 0 Å². The van der Waals surface area contributed by atoms with Gasteiger partial charge < -0.3 is 9.47 Å². The Bertz CT molecular complexity index is 459. The topological polar surface area (TPSA) is 77.4 Å². The molecular formula is C15H24N2O5. The molecule has 0 spiro atoms. The maximum Gasteiger partial charge on any atom is 0.364 e. The molecule has 0 radical (unpaired) electrons. The number of carbonyl (C=O) groups is 2. The van der Waals surface area contributed by atoms with Gasteiger partial charge in [0, 0.05) is 13.0 Å². The van der Waals surface area contributed by atoms with Crippen LogP contribution in [0.25, 0.3) is 0 Å². The van der Waals surface area contributed by atoms with E-state index in [9.17, 15) is 9.59 Å². The third-order valence-electron chi connectivity index (χ3n) is 3.91. The van der Waals surface area contributed by atoms with Crippen LogP contribution in [0.2, 0.25) is 0 Å². The lowest BCUT2D eigenvalue weighted by atomic mass is 10.1. The molecule has 7 heteroatoms. The summed E-state index contributed by atoms with van der Waals surface area (Å²) in [6.07, 6.45) is 4.04. The van der Waals surface area contributed by atoms with Crippen LogP contribution in [0.3, 0.4) is 0 Å². The van der Waals surface area contributed by atoms with E-state index in [1.54, 1.807) is 20.9 Å². The Kier molecular flexibility index (Phi) is 5.39. The van der Waals surface area contributed by atoms with Crippen LogP contribution in [0.5, 0.6) is 0 Å². The van der Waals surface area contributed by atoms with Gasteiger partial charge in [0.05, 0.1) is 13.2 Å². The van der Waals surface area contributed by atoms with E-state index in [1.165, 1.54) is 5.06 Å². The van der Waals surface area contributed by atoms with Crippen LogP contribution in [0, 0.1) is 5.92 Å². The molecule has 0 N–H and O–H groups in total. The Morgan fingerprint density at radius 3 is 2.50 bits per heavy atom. The molecule has 22 heavy (non-hydrogen) atoms. The van der Waals surface area contributed by atoms with E-state index >= 15 is 0 Å². The maximum atomic E-state index is 12.3. The van der Waals surface area contributed by atoms with Gasteiger partial charge in [-0.15, -0.1) is 0 Å². The minimum absolute atomic E-state index is 0.199. The number of aliphatic imine (C=N–C) groups is 1. The molecule has 124 valence electrons. The highest BCUT2D eigenvalue weighted by molar-refractivity contribution is 5.93. The zero-order chi connectivity index (χ0) is 16.2. The predicted molar refractivity (Wildman–Crippen MR) is 78.9 cm³/mol. The van der Waals surface area contributed by atoms with Crippen LogP contribution in [0.4, 0.5) is 0 Å². The molecule has 0 aromatic heterocycles. The molecule has 2 rings (SSSR count). The molecule has 0 amide bonds. The Morgan fingerprint density at radius 1 is 1.27 bits per heavy atom. The standard InChI is InChI=1S/C15H24N2O5/c1-4-20-12(18)10-15(14(19)21-5-2)16-13(17(3)22-15)11-8-6-7-9-11/h11H,4-10H2,1-3H3. The van der Waals surface area contributed by atoms with Crippen molar-refractivity contribution in [3.8, 4) is 0 Å². The first-order chi connectivity index (χ1) is 10.5. The summed E-state index contributed by atoms with van der Waals surface area (Å²) < 4.78 is 10.0. The van der Waals surface area contributed by atoms with Gasteiger partial charge >= 0.3 is 11.9 Å². The second-order valence-corrected chi connectivity index (χ2v) is 5.53. The molecule has 0 bridgehead atoms. The van der Waals surface area contributed by atoms with Crippen molar-refractivity contribution < 1.29 is 23.9 Å². The van der Waals surface area contributed by atoms with Gasteiger partial charge in [-0.05, 0) is 26.7 Å². The predicted octanol–water partition coefficient (Wildman–Crippen LogP) is 1.66. The third kappa shape index (κ3) is 3.40. The van der Waals surface area contributed by atoms with Crippen molar-refractivity contribution in [2.75, 3.05) is 20.3 Å². The highest BCUT2D eigenvalue weighted by Gasteiger charge is 2.51. The second-order valence-electron chi connectivity index (χ2n) is 5.53. The molecule has 1 aliphatic heterocycles. The minimum atomic E-state index is -1.64. The molecular weight excluding hydrogens is 288 g/mol. The Balaban J connectivity index is 2.24. The van der Waals surface area contributed by atoms with Crippen LogP contribution in [-0.4, -0.2) is 48.8 Å². The largest absolute Gasteiger partial charge is 0.466 e. The van der Waals surface area contributed by atoms with Gasteiger partial charge in [0.2, 0.25) is 0 Å². The monoisotopic (exact) mass is 312 g/mol. The van der Waals surface area contributed by atoms with Gasteiger partial charge in [0.15, 0.2) is 0 Å². The molecule has 1 unspecified atom stereocenters. The molecule has 1 fully saturated rings. The SMILES string of the molecule is CCOC(=O)CC1(C(=O)OCC)N=C(C2CCCC2)N(C)O1. The fourth-order valence-corrected chi connectivity index (χ4v) is 2.96. The molecule has 7 nitrogen and oxygen atoms in total. The first kappa shape index (κ1) is 16.7. The van der Waals surface area contributed by atoms with Gasteiger partial charge in [-0.25, -0.2) is 19.7 Å². The average Bonchev–Trinajstić information content (AvgIpc) is 3.07. The van der Waals surface area contributed by atoms with Gasteiger partial charge in [-0.1, -0.05) is 12.8 Å².